The van der Waals surface area contributed by atoms with Gasteiger partial charge in [-0.2, -0.15) is 0 Å². The van der Waals surface area contributed by atoms with Crippen molar-refractivity contribution in [1.29, 1.82) is 0 Å². The molecule has 106 valence electrons. The molecule has 0 atom stereocenters. The third kappa shape index (κ3) is 3.01. The average Bonchev–Trinajstić information content (AvgIpc) is 2.83. The molecule has 0 bridgehead atoms. The van der Waals surface area contributed by atoms with Gasteiger partial charge in [-0.05, 0) is 12.1 Å². The lowest BCUT2D eigenvalue weighted by Crippen LogP contribution is -2.14. The molecular weight excluding hydrogens is 349 g/mol. The van der Waals surface area contributed by atoms with Gasteiger partial charge in [0.25, 0.3) is 10.0 Å². The van der Waals surface area contributed by atoms with E-state index in [0.29, 0.717) is 0 Å². The summed E-state index contributed by atoms with van der Waals surface area (Å²) in [5.74, 6) is -1.38. The Bertz CT molecular complexity index is 762. The Kier molecular flexibility index (Phi) is 4.14. The summed E-state index contributed by atoms with van der Waals surface area (Å²) in [5, 5.41) is 12.1. The molecule has 0 amide bonds. The number of carboxylic acid groups (broad SMARTS) is 1. The second-order valence-electron chi connectivity index (χ2n) is 3.46. The highest BCUT2D eigenvalue weighted by Gasteiger charge is 2.24. The van der Waals surface area contributed by atoms with Gasteiger partial charge in [0.1, 0.15) is 9.90 Å². The first-order valence-electron chi connectivity index (χ1n) is 4.84. The van der Waals surface area contributed by atoms with Gasteiger partial charge in [-0.3, -0.25) is 4.72 Å². The van der Waals surface area contributed by atoms with Gasteiger partial charge in [0.05, 0.1) is 16.8 Å². The summed E-state index contributed by atoms with van der Waals surface area (Å²) in [4.78, 5) is 10.6. The molecule has 0 radical (unpaired) electrons. The molecule has 11 heteroatoms. The second-order valence-corrected chi connectivity index (χ2v) is 6.71. The maximum absolute atomic E-state index is 12.2. The van der Waals surface area contributed by atoms with E-state index in [4.69, 9.17) is 28.3 Å². The molecular formula is C9H5Cl2N3O4S2. The van der Waals surface area contributed by atoms with Crippen LogP contribution < -0.4 is 4.72 Å². The molecule has 2 N–H and O–H groups in total. The fraction of sp³-hybridized carbons (Fsp3) is 0. The van der Waals surface area contributed by atoms with Gasteiger partial charge in [-0.1, -0.05) is 27.7 Å². The maximum Gasteiger partial charge on any atom is 0.337 e. The van der Waals surface area contributed by atoms with Crippen LogP contribution in [0.1, 0.15) is 10.4 Å². The zero-order chi connectivity index (χ0) is 14.9. The van der Waals surface area contributed by atoms with Crippen LogP contribution >= 0.6 is 34.7 Å². The van der Waals surface area contributed by atoms with E-state index in [1.165, 1.54) is 6.20 Å². The lowest BCUT2D eigenvalue weighted by molar-refractivity contribution is 0.0697. The van der Waals surface area contributed by atoms with Gasteiger partial charge in [0, 0.05) is 16.6 Å². The second kappa shape index (κ2) is 5.52. The number of halogens is 2. The summed E-state index contributed by atoms with van der Waals surface area (Å²) < 4.78 is 30.0. The van der Waals surface area contributed by atoms with Crippen LogP contribution in [-0.2, 0) is 10.0 Å². The van der Waals surface area contributed by atoms with Crippen molar-refractivity contribution in [3.05, 3.63) is 33.9 Å². The SMILES string of the molecule is O=C(O)c1cc(Cl)cc(S(=O)(=O)Nc2cnns2)c1Cl. The fourth-order valence-corrected chi connectivity index (χ4v) is 3.90. The van der Waals surface area contributed by atoms with E-state index in [1.807, 2.05) is 0 Å². The topological polar surface area (TPSA) is 109 Å². The van der Waals surface area contributed by atoms with Crippen molar-refractivity contribution in [3.8, 4) is 0 Å². The van der Waals surface area contributed by atoms with E-state index in [0.717, 1.165) is 23.7 Å². The molecule has 0 saturated heterocycles. The van der Waals surface area contributed by atoms with Crippen LogP contribution in [0.3, 0.4) is 0 Å². The number of carboxylic acids is 1. The molecule has 0 aliphatic carbocycles. The minimum atomic E-state index is -4.09. The van der Waals surface area contributed by atoms with Crippen molar-refractivity contribution in [2.24, 2.45) is 0 Å². The number of rotatable bonds is 4. The van der Waals surface area contributed by atoms with Gasteiger partial charge in [0.15, 0.2) is 0 Å². The number of benzene rings is 1. The molecule has 0 aliphatic rings. The third-order valence-corrected chi connectivity index (χ3v) is 4.96. The fourth-order valence-electron chi connectivity index (χ4n) is 1.31. The molecule has 0 saturated carbocycles. The number of hydrogen-bond acceptors (Lipinski definition) is 6. The van der Waals surface area contributed by atoms with Crippen LogP contribution in [0.4, 0.5) is 5.00 Å². The average molecular weight is 354 g/mol. The molecule has 20 heavy (non-hydrogen) atoms. The lowest BCUT2D eigenvalue weighted by Gasteiger charge is -2.09. The molecule has 0 unspecified atom stereocenters. The number of aromatic carboxylic acids is 1. The van der Waals surface area contributed by atoms with Crippen molar-refractivity contribution in [2.75, 3.05) is 4.72 Å². The predicted octanol–water partition coefficient (Wildman–Crippen LogP) is 2.34. The summed E-state index contributed by atoms with van der Waals surface area (Å²) in [6.45, 7) is 0. The number of aromatic nitrogens is 2. The minimum absolute atomic E-state index is 0.0606. The van der Waals surface area contributed by atoms with Crippen molar-refractivity contribution in [1.82, 2.24) is 9.59 Å². The first-order chi connectivity index (χ1) is 9.31. The Labute approximate surface area is 127 Å². The predicted molar refractivity (Wildman–Crippen MR) is 74.1 cm³/mol. The van der Waals surface area contributed by atoms with Crippen molar-refractivity contribution in [2.45, 2.75) is 4.90 Å². The Morgan fingerprint density at radius 1 is 1.35 bits per heavy atom. The largest absolute Gasteiger partial charge is 0.478 e. The van der Waals surface area contributed by atoms with Gasteiger partial charge < -0.3 is 5.11 Å². The van der Waals surface area contributed by atoms with Gasteiger partial charge in [-0.25, -0.2) is 13.2 Å². The van der Waals surface area contributed by atoms with Gasteiger partial charge in [0.2, 0.25) is 0 Å². The Morgan fingerprint density at radius 2 is 2.05 bits per heavy atom. The quantitative estimate of drug-likeness (QED) is 0.872. The Hall–Kier alpha value is -1.42. The van der Waals surface area contributed by atoms with Crippen LogP contribution in [-0.4, -0.2) is 29.1 Å². The van der Waals surface area contributed by atoms with Crippen LogP contribution in [0.25, 0.3) is 0 Å². The van der Waals surface area contributed by atoms with Crippen molar-refractivity contribution < 1.29 is 18.3 Å². The zero-order valence-electron chi connectivity index (χ0n) is 9.37. The summed E-state index contributed by atoms with van der Waals surface area (Å²) in [5.41, 5.74) is -0.401. The van der Waals surface area contributed by atoms with Crippen LogP contribution in [0, 0.1) is 0 Å². The molecule has 0 aliphatic heterocycles. The monoisotopic (exact) mass is 353 g/mol. The highest BCUT2D eigenvalue weighted by Crippen LogP contribution is 2.31. The normalized spacial score (nSPS) is 11.3. The number of nitrogens with one attached hydrogen (secondary N) is 1. The molecule has 7 nitrogen and oxygen atoms in total. The summed E-state index contributed by atoms with van der Waals surface area (Å²) in [6, 6.07) is 2.13. The Balaban J connectivity index is 2.54. The van der Waals surface area contributed by atoms with E-state index in [-0.39, 0.29) is 10.0 Å². The van der Waals surface area contributed by atoms with Crippen LogP contribution in [0.5, 0.6) is 0 Å². The number of anilines is 1. The van der Waals surface area contributed by atoms with Gasteiger partial charge in [-0.15, -0.1) is 5.10 Å². The summed E-state index contributed by atoms with van der Waals surface area (Å²) in [6.07, 6.45) is 1.21. The molecule has 2 aromatic rings. The van der Waals surface area contributed by atoms with Crippen LogP contribution in [0.15, 0.2) is 23.2 Å². The van der Waals surface area contributed by atoms with E-state index < -0.39 is 31.5 Å². The molecule has 0 spiro atoms. The van der Waals surface area contributed by atoms with Crippen molar-refractivity contribution >= 4 is 55.7 Å². The third-order valence-electron chi connectivity index (χ3n) is 2.12. The summed E-state index contributed by atoms with van der Waals surface area (Å²) >= 11 is 12.4. The molecule has 2 rings (SSSR count). The van der Waals surface area contributed by atoms with Crippen LogP contribution in [0.2, 0.25) is 10.0 Å². The molecule has 1 heterocycles. The van der Waals surface area contributed by atoms with E-state index in [1.54, 1.807) is 0 Å². The zero-order valence-corrected chi connectivity index (χ0v) is 12.5. The molecule has 0 fully saturated rings. The molecule has 1 aromatic heterocycles. The van der Waals surface area contributed by atoms with Gasteiger partial charge >= 0.3 is 5.97 Å². The smallest absolute Gasteiger partial charge is 0.337 e. The van der Waals surface area contributed by atoms with E-state index in [2.05, 4.69) is 14.3 Å². The number of carbonyl (C=O) groups is 1. The number of hydrogen-bond donors (Lipinski definition) is 2. The summed E-state index contributed by atoms with van der Waals surface area (Å²) in [7, 11) is -4.09. The minimum Gasteiger partial charge on any atom is -0.478 e. The number of nitrogens with zero attached hydrogens (tertiary/aromatic N) is 2. The first kappa shape index (κ1) is 15.0. The molecule has 1 aromatic carbocycles. The first-order valence-corrected chi connectivity index (χ1v) is 7.85. The highest BCUT2D eigenvalue weighted by atomic mass is 35.5. The van der Waals surface area contributed by atoms with Crippen molar-refractivity contribution in [3.63, 3.8) is 0 Å². The number of sulfonamides is 1. The maximum atomic E-state index is 12.2. The highest BCUT2D eigenvalue weighted by molar-refractivity contribution is 7.93. The van der Waals surface area contributed by atoms with E-state index >= 15 is 0 Å². The standard InChI is InChI=1S/C9H5Cl2N3O4S2/c10-4-1-5(9(15)16)8(11)6(2-4)20(17,18)13-7-3-12-14-19-7/h1-3,13H,(H,15,16). The van der Waals surface area contributed by atoms with E-state index in [9.17, 15) is 13.2 Å². The Morgan fingerprint density at radius 3 is 2.60 bits per heavy atom. The lowest BCUT2D eigenvalue weighted by atomic mass is 10.2.